The number of furan rings is 1. The van der Waals surface area contributed by atoms with Crippen LogP contribution >= 0.6 is 24.0 Å². The minimum absolute atomic E-state index is 0. The summed E-state index contributed by atoms with van der Waals surface area (Å²) in [5.74, 6) is 2.03. The van der Waals surface area contributed by atoms with E-state index < -0.39 is 0 Å². The van der Waals surface area contributed by atoms with E-state index in [4.69, 9.17) is 9.41 Å². The van der Waals surface area contributed by atoms with Crippen molar-refractivity contribution in [3.8, 4) is 0 Å². The summed E-state index contributed by atoms with van der Waals surface area (Å²) in [5.41, 5.74) is 0. The third kappa shape index (κ3) is 6.63. The van der Waals surface area contributed by atoms with E-state index in [-0.39, 0.29) is 24.0 Å². The zero-order valence-corrected chi connectivity index (χ0v) is 17.7. The standard InChI is InChI=1S/C18H32N4O.HI/c1-4-11-19-18(20-12-10-17-9-7-14-23-17)21(3)15-16-8-6-13-22(16)5-2;/h7,9,14,16H,4-6,8,10-13,15H2,1-3H3,(H,19,20);1H. The fourth-order valence-corrected chi connectivity index (χ4v) is 3.20. The van der Waals surface area contributed by atoms with Crippen molar-refractivity contribution >= 4 is 29.9 Å². The minimum Gasteiger partial charge on any atom is -0.469 e. The number of hydrogen-bond donors (Lipinski definition) is 1. The number of nitrogens with zero attached hydrogens (tertiary/aromatic N) is 3. The van der Waals surface area contributed by atoms with Crippen LogP contribution in [-0.2, 0) is 6.42 Å². The van der Waals surface area contributed by atoms with Crippen LogP contribution in [0.15, 0.2) is 27.8 Å². The zero-order chi connectivity index (χ0) is 16.5. The first-order chi connectivity index (χ1) is 11.2. The molecule has 1 N–H and O–H groups in total. The van der Waals surface area contributed by atoms with E-state index in [1.807, 2.05) is 12.1 Å². The molecule has 2 rings (SSSR count). The Kier molecular flexibility index (Phi) is 10.4. The molecule has 1 aromatic heterocycles. The Morgan fingerprint density at radius 1 is 1.46 bits per heavy atom. The van der Waals surface area contributed by atoms with Crippen LogP contribution in [0, 0.1) is 0 Å². The molecule has 0 aromatic carbocycles. The van der Waals surface area contributed by atoms with Crippen molar-refractivity contribution in [2.24, 2.45) is 4.99 Å². The van der Waals surface area contributed by atoms with Crippen molar-refractivity contribution in [3.05, 3.63) is 24.2 Å². The second-order valence-corrected chi connectivity index (χ2v) is 6.27. The van der Waals surface area contributed by atoms with Gasteiger partial charge >= 0.3 is 0 Å². The summed E-state index contributed by atoms with van der Waals surface area (Å²) in [6.45, 7) is 9.57. The van der Waals surface area contributed by atoms with Crippen molar-refractivity contribution in [1.82, 2.24) is 15.1 Å². The maximum absolute atomic E-state index is 5.39. The second-order valence-electron chi connectivity index (χ2n) is 6.27. The molecule has 2 heterocycles. The van der Waals surface area contributed by atoms with E-state index in [1.165, 1.54) is 19.4 Å². The van der Waals surface area contributed by atoms with E-state index in [0.29, 0.717) is 6.04 Å². The van der Waals surface area contributed by atoms with Crippen LogP contribution in [0.3, 0.4) is 0 Å². The van der Waals surface area contributed by atoms with E-state index in [9.17, 15) is 0 Å². The molecule has 0 spiro atoms. The van der Waals surface area contributed by atoms with Gasteiger partial charge in [0.05, 0.1) is 6.26 Å². The Morgan fingerprint density at radius 3 is 2.96 bits per heavy atom. The number of hydrogen-bond acceptors (Lipinski definition) is 3. The lowest BCUT2D eigenvalue weighted by atomic mass is 10.2. The molecule has 1 fully saturated rings. The van der Waals surface area contributed by atoms with Crippen LogP contribution in [0.4, 0.5) is 0 Å². The van der Waals surface area contributed by atoms with Crippen LogP contribution in [0.1, 0.15) is 38.9 Å². The number of halogens is 1. The Morgan fingerprint density at radius 2 is 2.29 bits per heavy atom. The van der Waals surface area contributed by atoms with Gasteiger partial charge in [-0.1, -0.05) is 13.8 Å². The minimum atomic E-state index is 0. The number of guanidine groups is 1. The molecule has 6 heteroatoms. The summed E-state index contributed by atoms with van der Waals surface area (Å²) in [6, 6.07) is 4.61. The van der Waals surface area contributed by atoms with Gasteiger partial charge in [0.25, 0.3) is 0 Å². The number of likely N-dealkylation sites (N-methyl/N-ethyl adjacent to an activating group) is 2. The third-order valence-corrected chi connectivity index (χ3v) is 4.47. The van der Waals surface area contributed by atoms with Crippen LogP contribution in [0.25, 0.3) is 0 Å². The first-order valence-corrected chi connectivity index (χ1v) is 9.00. The molecule has 0 aliphatic carbocycles. The summed E-state index contributed by atoms with van der Waals surface area (Å²) in [5, 5.41) is 3.50. The van der Waals surface area contributed by atoms with Gasteiger partial charge in [-0.3, -0.25) is 9.89 Å². The van der Waals surface area contributed by atoms with Crippen molar-refractivity contribution in [2.75, 3.05) is 39.8 Å². The molecule has 24 heavy (non-hydrogen) atoms. The van der Waals surface area contributed by atoms with Gasteiger partial charge in [0.2, 0.25) is 0 Å². The van der Waals surface area contributed by atoms with E-state index in [0.717, 1.165) is 50.7 Å². The number of rotatable bonds is 8. The molecule has 0 saturated carbocycles. The van der Waals surface area contributed by atoms with Gasteiger partial charge in [0, 0.05) is 39.1 Å². The SMILES string of the molecule is CCCN=C(NCCc1ccco1)N(C)CC1CCCN1CC.I. The number of nitrogens with one attached hydrogen (secondary N) is 1. The second kappa shape index (κ2) is 11.7. The monoisotopic (exact) mass is 448 g/mol. The lowest BCUT2D eigenvalue weighted by Gasteiger charge is -2.30. The molecular formula is C18H33IN4O. The summed E-state index contributed by atoms with van der Waals surface area (Å²) in [6.07, 6.45) is 6.30. The zero-order valence-electron chi connectivity index (χ0n) is 15.3. The van der Waals surface area contributed by atoms with Crippen molar-refractivity contribution in [3.63, 3.8) is 0 Å². The summed E-state index contributed by atoms with van der Waals surface area (Å²) < 4.78 is 5.39. The molecule has 5 nitrogen and oxygen atoms in total. The molecule has 0 amide bonds. The Balaban J connectivity index is 0.00000288. The molecule has 138 valence electrons. The van der Waals surface area contributed by atoms with Crippen LogP contribution in [0.5, 0.6) is 0 Å². The van der Waals surface area contributed by atoms with Gasteiger partial charge in [0.1, 0.15) is 5.76 Å². The highest BCUT2D eigenvalue weighted by Crippen LogP contribution is 2.17. The Hall–Kier alpha value is -0.760. The summed E-state index contributed by atoms with van der Waals surface area (Å²) in [7, 11) is 2.15. The normalized spacial score (nSPS) is 18.5. The van der Waals surface area contributed by atoms with Gasteiger partial charge in [-0.25, -0.2) is 0 Å². The smallest absolute Gasteiger partial charge is 0.193 e. The predicted molar refractivity (Wildman–Crippen MR) is 111 cm³/mol. The predicted octanol–water partition coefficient (Wildman–Crippen LogP) is 3.21. The van der Waals surface area contributed by atoms with Crippen LogP contribution < -0.4 is 5.32 Å². The first kappa shape index (κ1) is 21.3. The third-order valence-electron chi connectivity index (χ3n) is 4.47. The molecule has 0 radical (unpaired) electrons. The Labute approximate surface area is 163 Å². The van der Waals surface area contributed by atoms with Crippen LogP contribution in [0.2, 0.25) is 0 Å². The van der Waals surface area contributed by atoms with Crippen molar-refractivity contribution in [2.45, 2.75) is 45.6 Å². The van der Waals surface area contributed by atoms with Gasteiger partial charge in [0.15, 0.2) is 5.96 Å². The molecule has 1 aromatic rings. The topological polar surface area (TPSA) is 44.0 Å². The van der Waals surface area contributed by atoms with E-state index >= 15 is 0 Å². The highest BCUT2D eigenvalue weighted by Gasteiger charge is 2.24. The van der Waals surface area contributed by atoms with Gasteiger partial charge < -0.3 is 14.6 Å². The van der Waals surface area contributed by atoms with Crippen LogP contribution in [-0.4, -0.2) is 61.6 Å². The first-order valence-electron chi connectivity index (χ1n) is 9.00. The number of aliphatic imine (C=N–C) groups is 1. The van der Waals surface area contributed by atoms with Crippen molar-refractivity contribution < 1.29 is 4.42 Å². The van der Waals surface area contributed by atoms with Crippen molar-refractivity contribution in [1.29, 1.82) is 0 Å². The lowest BCUT2D eigenvalue weighted by Crippen LogP contribution is -2.46. The molecule has 1 aliphatic heterocycles. The average molecular weight is 448 g/mol. The molecule has 1 aliphatic rings. The quantitative estimate of drug-likeness (QED) is 0.377. The fourth-order valence-electron chi connectivity index (χ4n) is 3.20. The molecule has 1 saturated heterocycles. The maximum Gasteiger partial charge on any atom is 0.193 e. The van der Waals surface area contributed by atoms with Gasteiger partial charge in [-0.05, 0) is 44.5 Å². The highest BCUT2D eigenvalue weighted by molar-refractivity contribution is 14.0. The summed E-state index contributed by atoms with van der Waals surface area (Å²) in [4.78, 5) is 9.60. The molecular weight excluding hydrogens is 415 g/mol. The Bertz CT molecular complexity index is 464. The van der Waals surface area contributed by atoms with Gasteiger partial charge in [-0.2, -0.15) is 0 Å². The maximum atomic E-state index is 5.39. The number of likely N-dealkylation sites (tertiary alicyclic amines) is 1. The van der Waals surface area contributed by atoms with E-state index in [2.05, 4.69) is 36.0 Å². The largest absolute Gasteiger partial charge is 0.469 e. The lowest BCUT2D eigenvalue weighted by molar-refractivity contribution is 0.232. The summed E-state index contributed by atoms with van der Waals surface area (Å²) >= 11 is 0. The molecule has 0 bridgehead atoms. The average Bonchev–Trinajstić information content (AvgIpc) is 3.21. The van der Waals surface area contributed by atoms with Gasteiger partial charge in [-0.15, -0.1) is 24.0 Å². The molecule has 1 atom stereocenters. The fraction of sp³-hybridized carbons (Fsp3) is 0.722. The molecule has 1 unspecified atom stereocenters. The highest BCUT2D eigenvalue weighted by atomic mass is 127. The van der Waals surface area contributed by atoms with E-state index in [1.54, 1.807) is 6.26 Å².